The van der Waals surface area contributed by atoms with Gasteiger partial charge in [0.05, 0.1) is 47.6 Å². The minimum absolute atomic E-state index is 0.0221. The Labute approximate surface area is 577 Å². The molecule has 0 bridgehead atoms. The minimum atomic E-state index is -3.98. The third-order valence-electron chi connectivity index (χ3n) is 16.8. The summed E-state index contributed by atoms with van der Waals surface area (Å²) in [6.45, 7) is 14.8. The number of ketones is 4. The molecule has 4 N–H and O–H groups in total. The zero-order valence-corrected chi connectivity index (χ0v) is 59.9. The number of carbonyl (C=O) groups is 4. The van der Waals surface area contributed by atoms with Crippen molar-refractivity contribution in [2.75, 3.05) is 65.1 Å². The maximum atomic E-state index is 14.1. The number of oxazole rings is 2. The molecular weight excluding hydrogens is 1280 g/mol. The minimum Gasteiger partial charge on any atom is -0.497 e. The molecule has 0 aliphatic carbocycles. The average molecular weight is 1380 g/mol. The van der Waals surface area contributed by atoms with Gasteiger partial charge in [0.25, 0.3) is 0 Å². The van der Waals surface area contributed by atoms with Gasteiger partial charge in [0.1, 0.15) is 23.0 Å². The van der Waals surface area contributed by atoms with Crippen molar-refractivity contribution in [3.8, 4) is 11.5 Å². The van der Waals surface area contributed by atoms with Gasteiger partial charge in [-0.15, -0.1) is 0 Å². The second-order valence-electron chi connectivity index (χ2n) is 25.9. The molecule has 2 aromatic heterocycles. The number of benzene rings is 6. The number of nitrogens with two attached hydrogens (primary N) is 1. The predicted octanol–water partition coefficient (Wildman–Crippen LogP) is 12.2. The highest BCUT2D eigenvalue weighted by Crippen LogP contribution is 2.30. The zero-order chi connectivity index (χ0) is 71.6. The van der Waals surface area contributed by atoms with E-state index in [4.69, 9.17) is 24.0 Å². The predicted molar refractivity (Wildman–Crippen MR) is 379 cm³/mol. The summed E-state index contributed by atoms with van der Waals surface area (Å²) in [7, 11) is -1.27. The van der Waals surface area contributed by atoms with Crippen molar-refractivity contribution in [3.63, 3.8) is 0 Å². The van der Waals surface area contributed by atoms with Gasteiger partial charge in [0.2, 0.25) is 20.0 Å². The van der Waals surface area contributed by atoms with Crippen LogP contribution in [0, 0.1) is 51.4 Å². The molecule has 4 atom stereocenters. The summed E-state index contributed by atoms with van der Waals surface area (Å²) in [5.74, 6) is 1.23. The Morgan fingerprint density at radius 1 is 0.500 bits per heavy atom. The van der Waals surface area contributed by atoms with E-state index in [1.807, 2.05) is 121 Å². The molecule has 0 aliphatic rings. The summed E-state index contributed by atoms with van der Waals surface area (Å²) in [5.41, 5.74) is 11.7. The monoisotopic (exact) mass is 1380 g/mol. The van der Waals surface area contributed by atoms with Gasteiger partial charge in [-0.2, -0.15) is 8.61 Å². The van der Waals surface area contributed by atoms with E-state index in [1.165, 1.54) is 59.2 Å². The number of nitrogens with zero attached hydrogens (tertiary/aromatic N) is 5. The molecule has 0 aliphatic heterocycles. The first kappa shape index (κ1) is 76.7. The number of rotatable bonds is 35. The van der Waals surface area contributed by atoms with Gasteiger partial charge in [0.15, 0.2) is 34.9 Å². The van der Waals surface area contributed by atoms with Crippen LogP contribution < -0.4 is 20.1 Å². The van der Waals surface area contributed by atoms with Crippen molar-refractivity contribution in [3.05, 3.63) is 214 Å². The van der Waals surface area contributed by atoms with Crippen LogP contribution in [0.1, 0.15) is 141 Å². The lowest BCUT2D eigenvalue weighted by molar-refractivity contribution is 0.0688. The quantitative estimate of drug-likeness (QED) is 0.0246. The lowest BCUT2D eigenvalue weighted by Gasteiger charge is -2.30. The van der Waals surface area contributed by atoms with Crippen LogP contribution in [-0.2, 0) is 45.7 Å². The molecule has 0 saturated carbocycles. The molecule has 22 heteroatoms. The Bertz CT molecular complexity index is 4190. The number of carbonyl (C=O) groups excluding carboxylic acids is 4. The zero-order valence-electron chi connectivity index (χ0n) is 58.2. The van der Waals surface area contributed by atoms with Crippen LogP contribution in [0.4, 0.5) is 11.4 Å². The number of hydrogen-bond donors (Lipinski definition) is 3. The van der Waals surface area contributed by atoms with E-state index in [9.17, 15) is 46.2 Å². The molecule has 98 heavy (non-hydrogen) atoms. The highest BCUT2D eigenvalue weighted by Gasteiger charge is 2.35. The molecule has 0 radical (unpaired) electrons. The molecule has 0 saturated heterocycles. The molecule has 8 aromatic rings. The number of methoxy groups -OCH3 is 2. The number of anilines is 2. The molecule has 0 fully saturated rings. The van der Waals surface area contributed by atoms with Gasteiger partial charge in [-0.1, -0.05) is 88.4 Å². The second kappa shape index (κ2) is 35.2. The first-order valence-corrected chi connectivity index (χ1v) is 35.8. The fourth-order valence-corrected chi connectivity index (χ4v) is 14.9. The van der Waals surface area contributed by atoms with Gasteiger partial charge in [-0.25, -0.2) is 26.8 Å². The molecule has 0 amide bonds. The smallest absolute Gasteiger partial charge is 0.243 e. The van der Waals surface area contributed by atoms with Gasteiger partial charge >= 0.3 is 0 Å². The van der Waals surface area contributed by atoms with E-state index in [0.29, 0.717) is 82.9 Å². The number of aliphatic hydroxyl groups excluding tert-OH is 2. The van der Waals surface area contributed by atoms with E-state index in [-0.39, 0.29) is 108 Å². The fraction of sp³-hybridized carbons (Fsp3) is 0.395. The summed E-state index contributed by atoms with van der Waals surface area (Å²) >= 11 is 0. The average Bonchev–Trinajstić information content (AvgIpc) is 1.15. The van der Waals surface area contributed by atoms with E-state index in [0.717, 1.165) is 22.5 Å². The third kappa shape index (κ3) is 21.7. The highest BCUT2D eigenvalue weighted by atomic mass is 32.2. The third-order valence-corrected chi connectivity index (χ3v) is 20.5. The Balaban J connectivity index is 0.000000276. The van der Waals surface area contributed by atoms with Crippen LogP contribution in [0.3, 0.4) is 0 Å². The number of Topliss-reactive ketones (excluding diaryl/α,β-unsaturated/α-hetero) is 4. The van der Waals surface area contributed by atoms with E-state index in [2.05, 4.69) is 9.97 Å². The summed E-state index contributed by atoms with van der Waals surface area (Å²) in [5, 5.41) is 23.4. The van der Waals surface area contributed by atoms with Gasteiger partial charge < -0.3 is 39.2 Å². The Morgan fingerprint density at radius 2 is 0.847 bits per heavy atom. The number of aromatic nitrogens is 2. The van der Waals surface area contributed by atoms with Crippen molar-refractivity contribution in [2.45, 2.75) is 129 Å². The van der Waals surface area contributed by atoms with Crippen LogP contribution in [-0.4, -0.2) is 135 Å². The number of nitrogen functional groups attached to an aromatic ring is 1. The molecule has 0 unspecified atom stereocenters. The van der Waals surface area contributed by atoms with Crippen LogP contribution in [0.5, 0.6) is 11.5 Å². The summed E-state index contributed by atoms with van der Waals surface area (Å²) in [6.07, 6.45) is -0.748. The molecule has 2 heterocycles. The van der Waals surface area contributed by atoms with Gasteiger partial charge in [-0.3, -0.25) is 19.2 Å². The highest BCUT2D eigenvalue weighted by molar-refractivity contribution is 7.89. The number of ether oxygens (including phenoxy) is 2. The molecule has 20 nitrogen and oxygen atoms in total. The van der Waals surface area contributed by atoms with Crippen LogP contribution in [0.15, 0.2) is 164 Å². The first-order chi connectivity index (χ1) is 46.4. The van der Waals surface area contributed by atoms with Crippen molar-refractivity contribution in [2.24, 2.45) is 23.7 Å². The van der Waals surface area contributed by atoms with Crippen molar-refractivity contribution < 1.29 is 64.5 Å². The summed E-state index contributed by atoms with van der Waals surface area (Å²) in [4.78, 5) is 65.0. The first-order valence-electron chi connectivity index (χ1n) is 32.9. The SMILES string of the molecule is COc1ccc(S(=O)(=O)N(CC(C)C)C[C@@H](O)[C@@H](CC(=O)c2cc(C(=O)CCc3oc(C)nc3C)cc(N(C)C)c2)Cc2ccccc2)cc1.COc1ccc(S(=O)(=O)N(CC(C)C)C[C@@H](O)[C@@H](CC(=O)c2cc(N)cc(C(=O)CCc3oc(C)nc3C)c2)Cc2ccccc2)cc1. The van der Waals surface area contributed by atoms with Gasteiger partial charge in [0, 0.05) is 126 Å². The number of sulfonamides is 2. The van der Waals surface area contributed by atoms with Gasteiger partial charge in [-0.05, 0) is 146 Å². The Morgan fingerprint density at radius 3 is 1.17 bits per heavy atom. The van der Waals surface area contributed by atoms with Crippen molar-refractivity contribution in [1.29, 1.82) is 0 Å². The maximum absolute atomic E-state index is 14.1. The Hall–Kier alpha value is -8.64. The lowest BCUT2D eigenvalue weighted by atomic mass is 9.87. The van der Waals surface area contributed by atoms with Crippen LogP contribution in [0.2, 0.25) is 0 Å². The van der Waals surface area contributed by atoms with Crippen LogP contribution in [0.25, 0.3) is 0 Å². The molecule has 6 aromatic carbocycles. The molecule has 8 rings (SSSR count). The number of aliphatic hydroxyl groups is 2. The normalized spacial score (nSPS) is 13.0. The van der Waals surface area contributed by atoms with Crippen molar-refractivity contribution in [1.82, 2.24) is 18.6 Å². The maximum Gasteiger partial charge on any atom is 0.243 e. The Kier molecular flexibility index (Phi) is 27.6. The standard InChI is InChI=1S/C39H49N3O7S.C37H45N3O7S/c1-26(2)24-42(50(46,47)35-15-13-34(48-7)14-16-35)25-38(45)30(19-29-11-9-8-10-12-29)23-37(44)32-20-31(21-33(22-32)41(5)6)36(43)17-18-39-27(3)40-28(4)49-39;1-24(2)22-40(48(44,45)33-13-11-32(46-5)12-14-33)23-36(43)28(17-27-9-7-6-8-10-27)21-35(42)30-18-29(19-31(38)20-30)34(41)15-16-37-25(3)39-26(4)47-37/h8-16,20-22,26,30,38,45H,17-19,23-25H2,1-7H3;6-14,18-20,24,28,36,43H,15-17,21-23,38H2,1-5H3/t30-,38-;28-,36-/m11/s1. The van der Waals surface area contributed by atoms with E-state index < -0.39 is 44.1 Å². The van der Waals surface area contributed by atoms with Crippen molar-refractivity contribution >= 4 is 54.6 Å². The fourth-order valence-electron chi connectivity index (χ4n) is 11.6. The second-order valence-corrected chi connectivity index (χ2v) is 29.8. The molecular formula is C76H94N6O14S2. The largest absolute Gasteiger partial charge is 0.497 e. The summed E-state index contributed by atoms with van der Waals surface area (Å²) in [6, 6.07) is 40.9. The number of aryl methyl sites for hydroxylation is 6. The molecule has 524 valence electrons. The van der Waals surface area contributed by atoms with Crippen LogP contribution >= 0.6 is 0 Å². The lowest BCUT2D eigenvalue weighted by Crippen LogP contribution is -2.43. The topological polar surface area (TPSA) is 283 Å². The number of hydrogen-bond acceptors (Lipinski definition) is 18. The molecule has 0 spiro atoms. The van der Waals surface area contributed by atoms with E-state index >= 15 is 0 Å². The van der Waals surface area contributed by atoms with E-state index in [1.54, 1.807) is 62.4 Å². The summed E-state index contributed by atoms with van der Waals surface area (Å²) < 4.78 is 79.5.